The van der Waals surface area contributed by atoms with Crippen LogP contribution >= 0.6 is 0 Å². The van der Waals surface area contributed by atoms with Gasteiger partial charge in [-0.25, -0.2) is 4.98 Å². The van der Waals surface area contributed by atoms with Gasteiger partial charge in [-0.3, -0.25) is 9.59 Å². The number of rotatable bonds is 2. The monoisotopic (exact) mass is 300 g/mol. The van der Waals surface area contributed by atoms with Gasteiger partial charge in [0.1, 0.15) is 11.4 Å². The number of imidazole rings is 1. The average molecular weight is 300 g/mol. The molecule has 116 valence electrons. The highest BCUT2D eigenvalue weighted by Crippen LogP contribution is 2.27. The molecule has 2 aromatic heterocycles. The highest BCUT2D eigenvalue weighted by atomic mass is 16.2. The number of H-pyrrole nitrogens is 1. The summed E-state index contributed by atoms with van der Waals surface area (Å²) in [6.07, 6.45) is 2.87. The number of aromatic amines is 1. The van der Waals surface area contributed by atoms with Gasteiger partial charge in [-0.15, -0.1) is 0 Å². The van der Waals surface area contributed by atoms with Crippen LogP contribution < -0.4 is 5.56 Å². The topological polar surface area (TPSA) is 71.0 Å². The first-order chi connectivity index (χ1) is 10.5. The number of aryl methyl sites for hydroxylation is 3. The van der Waals surface area contributed by atoms with Gasteiger partial charge in [-0.1, -0.05) is 0 Å². The predicted molar refractivity (Wildman–Crippen MR) is 83.0 cm³/mol. The molecule has 6 nitrogen and oxygen atoms in total. The summed E-state index contributed by atoms with van der Waals surface area (Å²) < 4.78 is 2.02. The highest BCUT2D eigenvalue weighted by molar-refractivity contribution is 5.94. The third kappa shape index (κ3) is 2.56. The molecule has 1 fully saturated rings. The molecule has 0 aromatic carbocycles. The number of nitrogens with zero attached hydrogens (tertiary/aromatic N) is 3. The SMILES string of the molecule is Cc1cn(C)c(C2CCN(C(=O)c3ccc(C)[nH]c3=O)C2)n1. The summed E-state index contributed by atoms with van der Waals surface area (Å²) in [4.78, 5) is 33.4. The van der Waals surface area contributed by atoms with Crippen LogP contribution in [0.1, 0.15) is 39.9 Å². The molecule has 1 amide bonds. The Bertz CT molecular complexity index is 775. The molecule has 0 saturated carbocycles. The van der Waals surface area contributed by atoms with Crippen LogP contribution in [0.25, 0.3) is 0 Å². The standard InChI is InChI=1S/C16H20N4O2/c1-10-4-5-13(15(21)18-10)16(22)20-7-6-12(9-20)14-17-11(2)8-19(14)3/h4-5,8,12H,6-7,9H2,1-3H3,(H,18,21). The number of nitrogens with one attached hydrogen (secondary N) is 1. The highest BCUT2D eigenvalue weighted by Gasteiger charge is 2.31. The smallest absolute Gasteiger partial charge is 0.260 e. The minimum absolute atomic E-state index is 0.199. The van der Waals surface area contributed by atoms with Crippen LogP contribution in [0.3, 0.4) is 0 Å². The van der Waals surface area contributed by atoms with E-state index in [9.17, 15) is 9.59 Å². The van der Waals surface area contributed by atoms with Crippen LogP contribution in [0.5, 0.6) is 0 Å². The number of amides is 1. The van der Waals surface area contributed by atoms with Gasteiger partial charge in [0.2, 0.25) is 0 Å². The molecule has 1 N–H and O–H groups in total. The quantitative estimate of drug-likeness (QED) is 0.910. The van der Waals surface area contributed by atoms with Crippen molar-refractivity contribution in [3.8, 4) is 0 Å². The summed E-state index contributed by atoms with van der Waals surface area (Å²) in [5, 5.41) is 0. The molecule has 1 aliphatic heterocycles. The fourth-order valence-electron chi connectivity index (χ4n) is 3.08. The molecule has 0 spiro atoms. The van der Waals surface area contributed by atoms with E-state index in [0.717, 1.165) is 23.6 Å². The Morgan fingerprint density at radius 1 is 1.36 bits per heavy atom. The van der Waals surface area contributed by atoms with Crippen molar-refractivity contribution in [3.63, 3.8) is 0 Å². The summed E-state index contributed by atoms with van der Waals surface area (Å²) >= 11 is 0. The van der Waals surface area contributed by atoms with E-state index in [0.29, 0.717) is 13.1 Å². The van der Waals surface area contributed by atoms with Crippen LogP contribution in [0.4, 0.5) is 0 Å². The first-order valence-electron chi connectivity index (χ1n) is 7.45. The first kappa shape index (κ1) is 14.6. The summed E-state index contributed by atoms with van der Waals surface area (Å²) in [5.74, 6) is 1.03. The van der Waals surface area contributed by atoms with Crippen LogP contribution in [0, 0.1) is 13.8 Å². The van der Waals surface area contributed by atoms with Crippen molar-refractivity contribution >= 4 is 5.91 Å². The molecule has 3 heterocycles. The number of carbonyl (C=O) groups is 1. The number of carbonyl (C=O) groups excluding carboxylic acids is 1. The Labute approximate surface area is 128 Å². The van der Waals surface area contributed by atoms with Crippen molar-refractivity contribution in [1.82, 2.24) is 19.4 Å². The molecule has 3 rings (SSSR count). The summed E-state index contributed by atoms with van der Waals surface area (Å²) in [6.45, 7) is 5.03. The van der Waals surface area contributed by atoms with Gasteiger partial charge in [0, 0.05) is 37.9 Å². The minimum atomic E-state index is -0.318. The molecule has 0 aliphatic carbocycles. The van der Waals surface area contributed by atoms with E-state index >= 15 is 0 Å². The Morgan fingerprint density at radius 2 is 2.14 bits per heavy atom. The Kier molecular flexibility index (Phi) is 3.60. The van der Waals surface area contributed by atoms with E-state index in [4.69, 9.17) is 0 Å². The van der Waals surface area contributed by atoms with E-state index in [1.165, 1.54) is 0 Å². The lowest BCUT2D eigenvalue weighted by molar-refractivity contribution is 0.0788. The van der Waals surface area contributed by atoms with Gasteiger partial charge in [0.05, 0.1) is 5.69 Å². The van der Waals surface area contributed by atoms with Crippen molar-refractivity contribution in [2.45, 2.75) is 26.2 Å². The van der Waals surface area contributed by atoms with Crippen LogP contribution in [-0.2, 0) is 7.05 Å². The second-order valence-electron chi connectivity index (χ2n) is 5.97. The maximum absolute atomic E-state index is 12.5. The third-order valence-electron chi connectivity index (χ3n) is 4.16. The Hall–Kier alpha value is -2.37. The number of pyridine rings is 1. The van der Waals surface area contributed by atoms with E-state index in [2.05, 4.69) is 9.97 Å². The van der Waals surface area contributed by atoms with Crippen molar-refractivity contribution in [2.24, 2.45) is 7.05 Å². The first-order valence-corrected chi connectivity index (χ1v) is 7.45. The zero-order chi connectivity index (χ0) is 15.9. The molecule has 6 heteroatoms. The minimum Gasteiger partial charge on any atom is -0.338 e. The lowest BCUT2D eigenvalue weighted by Gasteiger charge is -2.16. The van der Waals surface area contributed by atoms with Crippen LogP contribution in [-0.4, -0.2) is 38.4 Å². The van der Waals surface area contributed by atoms with Crippen molar-refractivity contribution < 1.29 is 4.79 Å². The van der Waals surface area contributed by atoms with Gasteiger partial charge in [-0.05, 0) is 32.4 Å². The van der Waals surface area contributed by atoms with Gasteiger partial charge >= 0.3 is 0 Å². The fraction of sp³-hybridized carbons (Fsp3) is 0.438. The van der Waals surface area contributed by atoms with E-state index in [1.54, 1.807) is 24.0 Å². The molecule has 1 atom stereocenters. The maximum Gasteiger partial charge on any atom is 0.260 e. The normalized spacial score (nSPS) is 18.0. The second-order valence-corrected chi connectivity index (χ2v) is 5.97. The lowest BCUT2D eigenvalue weighted by Crippen LogP contribution is -2.33. The molecule has 1 aliphatic rings. The Balaban J connectivity index is 1.79. The zero-order valence-corrected chi connectivity index (χ0v) is 13.1. The summed E-state index contributed by atoms with van der Waals surface area (Å²) in [6, 6.07) is 3.36. The average Bonchev–Trinajstić information content (AvgIpc) is 3.04. The van der Waals surface area contributed by atoms with E-state index in [-0.39, 0.29) is 22.9 Å². The van der Waals surface area contributed by atoms with E-state index in [1.807, 2.05) is 24.7 Å². The van der Waals surface area contributed by atoms with Crippen molar-refractivity contribution in [1.29, 1.82) is 0 Å². The zero-order valence-electron chi connectivity index (χ0n) is 13.1. The van der Waals surface area contributed by atoms with Crippen molar-refractivity contribution in [2.75, 3.05) is 13.1 Å². The second kappa shape index (κ2) is 5.44. The van der Waals surface area contributed by atoms with Crippen LogP contribution in [0.2, 0.25) is 0 Å². The lowest BCUT2D eigenvalue weighted by atomic mass is 10.1. The maximum atomic E-state index is 12.5. The van der Waals surface area contributed by atoms with Gasteiger partial charge in [-0.2, -0.15) is 0 Å². The fourth-order valence-corrected chi connectivity index (χ4v) is 3.08. The molecule has 0 radical (unpaired) electrons. The molecule has 1 unspecified atom stereocenters. The van der Waals surface area contributed by atoms with Gasteiger partial charge in [0.15, 0.2) is 0 Å². The molecule has 2 aromatic rings. The number of hydrogen-bond donors (Lipinski definition) is 1. The number of aromatic nitrogens is 3. The number of likely N-dealkylation sites (tertiary alicyclic amines) is 1. The third-order valence-corrected chi connectivity index (χ3v) is 4.16. The summed E-state index contributed by atoms with van der Waals surface area (Å²) in [5.41, 5.74) is 1.63. The summed E-state index contributed by atoms with van der Waals surface area (Å²) in [7, 11) is 1.98. The number of hydrogen-bond acceptors (Lipinski definition) is 3. The molecular formula is C16H20N4O2. The van der Waals surface area contributed by atoms with E-state index < -0.39 is 0 Å². The van der Waals surface area contributed by atoms with Crippen LogP contribution in [0.15, 0.2) is 23.1 Å². The molecule has 0 bridgehead atoms. The van der Waals surface area contributed by atoms with Gasteiger partial charge in [0.25, 0.3) is 11.5 Å². The van der Waals surface area contributed by atoms with Crippen molar-refractivity contribution in [3.05, 3.63) is 51.5 Å². The predicted octanol–water partition coefficient (Wildman–Crippen LogP) is 1.35. The Morgan fingerprint density at radius 3 is 2.77 bits per heavy atom. The van der Waals surface area contributed by atoms with Gasteiger partial charge < -0.3 is 14.5 Å². The molecule has 1 saturated heterocycles. The molecule has 22 heavy (non-hydrogen) atoms. The largest absolute Gasteiger partial charge is 0.338 e. The molecular weight excluding hydrogens is 280 g/mol.